The Morgan fingerprint density at radius 3 is 2.32 bits per heavy atom. The molecule has 2 aromatic rings. The summed E-state index contributed by atoms with van der Waals surface area (Å²) in [7, 11) is 1.59. The Hall–Kier alpha value is -1.56. The molecule has 0 unspecified atom stereocenters. The lowest BCUT2D eigenvalue weighted by Crippen LogP contribution is -2.10. The van der Waals surface area contributed by atoms with Crippen LogP contribution in [0.15, 0.2) is 42.5 Å². The normalized spacial score (nSPS) is 10.1. The highest BCUT2D eigenvalue weighted by Crippen LogP contribution is 2.20. The summed E-state index contributed by atoms with van der Waals surface area (Å²) < 4.78 is 11.3. The average Bonchev–Trinajstić information content (AvgIpc) is 2.42. The molecule has 0 saturated heterocycles. The van der Waals surface area contributed by atoms with Gasteiger partial charge in [0.25, 0.3) is 0 Å². The molecule has 0 aromatic heterocycles. The van der Waals surface area contributed by atoms with Crippen molar-refractivity contribution in [1.29, 1.82) is 0 Å². The van der Waals surface area contributed by atoms with Crippen molar-refractivity contribution in [3.63, 3.8) is 0 Å². The van der Waals surface area contributed by atoms with Gasteiger partial charge in [-0.15, -0.1) is 0 Å². The number of rotatable bonds is 3. The predicted octanol–water partition coefficient (Wildman–Crippen LogP) is 3.83. The first-order valence-corrected chi connectivity index (χ1v) is 6.80. The van der Waals surface area contributed by atoms with Crippen molar-refractivity contribution >= 4 is 28.6 Å². The molecule has 0 N–H and O–H groups in total. The number of hydrogen-bond acceptors (Lipinski definition) is 3. The van der Waals surface area contributed by atoms with Crippen LogP contribution in [0, 0.1) is 10.5 Å². The van der Waals surface area contributed by atoms with Crippen LogP contribution < -0.4 is 9.47 Å². The smallest absolute Gasteiger partial charge is 0.344 e. The lowest BCUT2D eigenvalue weighted by molar-refractivity contribution is 0.0733. The molecule has 2 rings (SSSR count). The number of ether oxygens (including phenoxy) is 2. The van der Waals surface area contributed by atoms with E-state index in [2.05, 4.69) is 22.6 Å². The fraction of sp³-hybridized carbons (Fsp3) is 0.133. The van der Waals surface area contributed by atoms with Gasteiger partial charge in [-0.05, 0) is 65.9 Å². The molecule has 2 aromatic carbocycles. The number of halogens is 1. The number of benzene rings is 2. The van der Waals surface area contributed by atoms with E-state index in [1.807, 2.05) is 25.1 Å². The zero-order valence-corrected chi connectivity index (χ0v) is 12.8. The highest BCUT2D eigenvalue weighted by atomic mass is 127. The lowest BCUT2D eigenvalue weighted by Gasteiger charge is -2.07. The first-order chi connectivity index (χ1) is 9.10. The second-order valence-corrected chi connectivity index (χ2v) is 5.21. The molecule has 0 atom stereocenters. The highest BCUT2D eigenvalue weighted by molar-refractivity contribution is 14.1. The van der Waals surface area contributed by atoms with E-state index in [9.17, 15) is 4.79 Å². The highest BCUT2D eigenvalue weighted by Gasteiger charge is 2.12. The molecule has 19 heavy (non-hydrogen) atoms. The summed E-state index contributed by atoms with van der Waals surface area (Å²) in [6, 6.07) is 12.6. The zero-order valence-electron chi connectivity index (χ0n) is 10.6. The maximum Gasteiger partial charge on any atom is 0.344 e. The number of carbonyl (C=O) groups excluding carboxylic acids is 1. The van der Waals surface area contributed by atoms with Gasteiger partial charge >= 0.3 is 5.97 Å². The summed E-state index contributed by atoms with van der Waals surface area (Å²) >= 11 is 2.13. The van der Waals surface area contributed by atoms with E-state index in [1.54, 1.807) is 31.4 Å². The van der Waals surface area contributed by atoms with Crippen LogP contribution in [0.1, 0.15) is 15.9 Å². The van der Waals surface area contributed by atoms with E-state index in [0.29, 0.717) is 11.3 Å². The Morgan fingerprint density at radius 1 is 1.05 bits per heavy atom. The molecule has 0 aliphatic rings. The van der Waals surface area contributed by atoms with Crippen LogP contribution in [0.3, 0.4) is 0 Å². The van der Waals surface area contributed by atoms with Gasteiger partial charge in [-0.2, -0.15) is 0 Å². The number of carbonyl (C=O) groups is 1. The second-order valence-electron chi connectivity index (χ2n) is 4.05. The Balaban J connectivity index is 2.18. The van der Waals surface area contributed by atoms with Gasteiger partial charge in [0, 0.05) is 3.57 Å². The molecule has 4 heteroatoms. The van der Waals surface area contributed by atoms with Crippen LogP contribution in [0.5, 0.6) is 11.5 Å². The molecule has 0 spiro atoms. The molecule has 0 amide bonds. The quantitative estimate of drug-likeness (QED) is 0.469. The summed E-state index contributed by atoms with van der Waals surface area (Å²) in [5, 5.41) is 0. The minimum atomic E-state index is -0.349. The van der Waals surface area contributed by atoms with Gasteiger partial charge in [0.15, 0.2) is 0 Å². The van der Waals surface area contributed by atoms with Gasteiger partial charge in [0.1, 0.15) is 11.5 Å². The second kappa shape index (κ2) is 6.06. The van der Waals surface area contributed by atoms with Gasteiger partial charge in [0.2, 0.25) is 0 Å². The number of hydrogen-bond donors (Lipinski definition) is 0. The van der Waals surface area contributed by atoms with Crippen LogP contribution in [-0.2, 0) is 0 Å². The van der Waals surface area contributed by atoms with Crippen LogP contribution in [0.2, 0.25) is 0 Å². The van der Waals surface area contributed by atoms with E-state index in [-0.39, 0.29) is 5.97 Å². The lowest BCUT2D eigenvalue weighted by atomic mass is 10.1. The third kappa shape index (κ3) is 3.47. The molecule has 0 radical (unpaired) electrons. The van der Waals surface area contributed by atoms with Gasteiger partial charge in [0.05, 0.1) is 12.7 Å². The van der Waals surface area contributed by atoms with Gasteiger partial charge < -0.3 is 9.47 Å². The van der Waals surface area contributed by atoms with Crippen LogP contribution in [-0.4, -0.2) is 13.1 Å². The van der Waals surface area contributed by atoms with Crippen molar-refractivity contribution in [2.45, 2.75) is 6.92 Å². The molecule has 0 fully saturated rings. The van der Waals surface area contributed by atoms with Crippen LogP contribution >= 0.6 is 22.6 Å². The zero-order chi connectivity index (χ0) is 13.8. The molecule has 98 valence electrons. The van der Waals surface area contributed by atoms with Crippen molar-refractivity contribution in [2.75, 3.05) is 7.11 Å². The Bertz CT molecular complexity index is 591. The van der Waals surface area contributed by atoms with E-state index in [0.717, 1.165) is 14.9 Å². The average molecular weight is 368 g/mol. The van der Waals surface area contributed by atoms with Crippen molar-refractivity contribution in [3.8, 4) is 11.5 Å². The fourth-order valence-electron chi connectivity index (χ4n) is 1.60. The number of esters is 1. The van der Waals surface area contributed by atoms with E-state index in [1.165, 1.54) is 0 Å². The monoisotopic (exact) mass is 368 g/mol. The minimum absolute atomic E-state index is 0.349. The molecule has 3 nitrogen and oxygen atoms in total. The third-order valence-corrected chi connectivity index (χ3v) is 3.55. The first-order valence-electron chi connectivity index (χ1n) is 5.72. The summed E-state index contributed by atoms with van der Waals surface area (Å²) in [6.45, 7) is 1.94. The summed E-state index contributed by atoms with van der Waals surface area (Å²) in [4.78, 5) is 12.1. The molecular formula is C15H13IO3. The summed E-state index contributed by atoms with van der Waals surface area (Å²) in [5.74, 6) is 0.881. The SMILES string of the molecule is COc1ccc(OC(=O)c2cc(C)ccc2I)cc1. The van der Waals surface area contributed by atoms with Crippen molar-refractivity contribution < 1.29 is 14.3 Å². The molecule has 0 bridgehead atoms. The predicted molar refractivity (Wildman–Crippen MR) is 81.8 cm³/mol. The molecule has 0 aliphatic heterocycles. The topological polar surface area (TPSA) is 35.5 Å². The van der Waals surface area contributed by atoms with Gasteiger partial charge in [-0.3, -0.25) is 0 Å². The summed E-state index contributed by atoms with van der Waals surface area (Å²) in [5.41, 5.74) is 1.61. The molecule has 0 heterocycles. The van der Waals surface area contributed by atoms with Crippen molar-refractivity contribution in [1.82, 2.24) is 0 Å². The Morgan fingerprint density at radius 2 is 1.68 bits per heavy atom. The standard InChI is InChI=1S/C15H13IO3/c1-10-3-8-14(16)13(9-10)15(17)19-12-6-4-11(18-2)5-7-12/h3-9H,1-2H3. The van der Waals surface area contributed by atoms with Crippen molar-refractivity contribution in [2.24, 2.45) is 0 Å². The molecule has 0 aliphatic carbocycles. The van der Waals surface area contributed by atoms with Crippen molar-refractivity contribution in [3.05, 3.63) is 57.2 Å². The van der Waals surface area contributed by atoms with Gasteiger partial charge in [-0.25, -0.2) is 4.79 Å². The van der Waals surface area contributed by atoms with E-state index in [4.69, 9.17) is 9.47 Å². The van der Waals surface area contributed by atoms with Gasteiger partial charge in [-0.1, -0.05) is 11.6 Å². The van der Waals surface area contributed by atoms with E-state index >= 15 is 0 Å². The third-order valence-electron chi connectivity index (χ3n) is 2.61. The minimum Gasteiger partial charge on any atom is -0.497 e. The largest absolute Gasteiger partial charge is 0.497 e. The summed E-state index contributed by atoms with van der Waals surface area (Å²) in [6.07, 6.45) is 0. The maximum absolute atomic E-state index is 12.1. The van der Waals surface area contributed by atoms with E-state index < -0.39 is 0 Å². The Labute approximate surface area is 125 Å². The Kier molecular flexibility index (Phi) is 4.42. The number of aryl methyl sites for hydroxylation is 1. The number of methoxy groups -OCH3 is 1. The fourth-order valence-corrected chi connectivity index (χ4v) is 2.16. The molecule has 0 saturated carbocycles. The van der Waals surface area contributed by atoms with Crippen LogP contribution in [0.25, 0.3) is 0 Å². The first kappa shape index (κ1) is 13.9. The molecular weight excluding hydrogens is 355 g/mol. The van der Waals surface area contributed by atoms with Crippen LogP contribution in [0.4, 0.5) is 0 Å². The maximum atomic E-state index is 12.1.